The first-order valence-corrected chi connectivity index (χ1v) is 10.7. The van der Waals surface area contributed by atoms with E-state index >= 15 is 0 Å². The fourth-order valence-corrected chi connectivity index (χ4v) is 4.97. The SMILES string of the molecule is Cc1nc2cc(-c3cc(=O)n4cc(N5CC(C)NC(C)C5)ccc4n3)ccc2s1. The minimum absolute atomic E-state index is 0.0716. The smallest absolute Gasteiger partial charge is 0.258 e. The van der Waals surface area contributed by atoms with Crippen LogP contribution >= 0.6 is 11.3 Å². The number of hydrogen-bond acceptors (Lipinski definition) is 6. The normalized spacial score (nSPS) is 19.9. The van der Waals surface area contributed by atoms with Crippen LogP contribution in [0.2, 0.25) is 0 Å². The van der Waals surface area contributed by atoms with Crippen LogP contribution in [-0.4, -0.2) is 39.5 Å². The Morgan fingerprint density at radius 1 is 1.07 bits per heavy atom. The third-order valence-electron chi connectivity index (χ3n) is 5.36. The summed E-state index contributed by atoms with van der Waals surface area (Å²) < 4.78 is 2.79. The Hall–Kier alpha value is -2.77. The number of thiazole rings is 1. The molecule has 148 valence electrons. The van der Waals surface area contributed by atoms with Gasteiger partial charge < -0.3 is 10.2 Å². The molecule has 3 aromatic heterocycles. The maximum absolute atomic E-state index is 12.9. The average Bonchev–Trinajstić information content (AvgIpc) is 3.06. The fraction of sp³-hybridized carbons (Fsp3) is 0.318. The number of benzene rings is 1. The number of pyridine rings is 1. The molecule has 0 spiro atoms. The van der Waals surface area contributed by atoms with Crippen LogP contribution in [0.25, 0.3) is 27.1 Å². The monoisotopic (exact) mass is 405 g/mol. The van der Waals surface area contributed by atoms with Crippen LogP contribution in [0.15, 0.2) is 47.4 Å². The molecule has 2 unspecified atom stereocenters. The van der Waals surface area contributed by atoms with Crippen molar-refractivity contribution < 1.29 is 0 Å². The first kappa shape index (κ1) is 18.3. The second-order valence-electron chi connectivity index (χ2n) is 7.88. The number of aryl methyl sites for hydroxylation is 1. The van der Waals surface area contributed by atoms with Gasteiger partial charge in [-0.05, 0) is 45.0 Å². The van der Waals surface area contributed by atoms with Crippen molar-refractivity contribution in [1.82, 2.24) is 19.7 Å². The van der Waals surface area contributed by atoms with Crippen molar-refractivity contribution in [3.63, 3.8) is 0 Å². The predicted octanol–water partition coefficient (Wildman–Crippen LogP) is 3.47. The van der Waals surface area contributed by atoms with Gasteiger partial charge in [0.1, 0.15) is 5.65 Å². The van der Waals surface area contributed by atoms with Gasteiger partial charge in [0, 0.05) is 43.0 Å². The van der Waals surface area contributed by atoms with Gasteiger partial charge in [-0.1, -0.05) is 6.07 Å². The summed E-state index contributed by atoms with van der Waals surface area (Å²) in [6.45, 7) is 8.21. The summed E-state index contributed by atoms with van der Waals surface area (Å²) in [4.78, 5) is 24.5. The van der Waals surface area contributed by atoms with E-state index in [4.69, 9.17) is 4.98 Å². The molecule has 29 heavy (non-hydrogen) atoms. The van der Waals surface area contributed by atoms with E-state index < -0.39 is 0 Å². The van der Waals surface area contributed by atoms with E-state index in [9.17, 15) is 4.79 Å². The zero-order valence-corrected chi connectivity index (χ0v) is 17.5. The Bertz CT molecular complexity index is 1270. The molecule has 6 nitrogen and oxygen atoms in total. The molecule has 0 radical (unpaired) electrons. The summed E-state index contributed by atoms with van der Waals surface area (Å²) in [7, 11) is 0. The number of hydrogen-bond donors (Lipinski definition) is 1. The van der Waals surface area contributed by atoms with Gasteiger partial charge in [0.05, 0.1) is 26.6 Å². The van der Waals surface area contributed by atoms with Crippen LogP contribution in [0.3, 0.4) is 0 Å². The lowest BCUT2D eigenvalue weighted by atomic mass is 10.1. The van der Waals surface area contributed by atoms with Crippen LogP contribution in [0.5, 0.6) is 0 Å². The van der Waals surface area contributed by atoms with E-state index in [-0.39, 0.29) is 5.56 Å². The summed E-state index contributed by atoms with van der Waals surface area (Å²) in [5, 5.41) is 4.58. The van der Waals surface area contributed by atoms with E-state index in [2.05, 4.69) is 41.2 Å². The van der Waals surface area contributed by atoms with Crippen LogP contribution in [0, 0.1) is 6.92 Å². The molecule has 5 rings (SSSR count). The molecular formula is C22H23N5OS. The molecule has 0 saturated carbocycles. The summed E-state index contributed by atoms with van der Waals surface area (Å²) in [5.74, 6) is 0. The summed E-state index contributed by atoms with van der Waals surface area (Å²) in [6, 6.07) is 12.5. The molecule has 1 fully saturated rings. The largest absolute Gasteiger partial charge is 0.367 e. The van der Waals surface area contributed by atoms with Crippen molar-refractivity contribution in [2.45, 2.75) is 32.9 Å². The molecule has 0 bridgehead atoms. The van der Waals surface area contributed by atoms with Gasteiger partial charge in [-0.25, -0.2) is 9.97 Å². The van der Waals surface area contributed by atoms with Crippen LogP contribution in [-0.2, 0) is 0 Å². The first-order valence-electron chi connectivity index (χ1n) is 9.88. The van der Waals surface area contributed by atoms with Gasteiger partial charge in [-0.3, -0.25) is 9.20 Å². The number of nitrogens with zero attached hydrogens (tertiary/aromatic N) is 4. The van der Waals surface area contributed by atoms with Gasteiger partial charge in [-0.15, -0.1) is 11.3 Å². The molecule has 2 atom stereocenters. The summed E-state index contributed by atoms with van der Waals surface area (Å²) >= 11 is 1.67. The van der Waals surface area contributed by atoms with E-state index in [1.54, 1.807) is 21.8 Å². The topological polar surface area (TPSA) is 62.5 Å². The first-order chi connectivity index (χ1) is 14.0. The third-order valence-corrected chi connectivity index (χ3v) is 6.31. The fourth-order valence-electron chi connectivity index (χ4n) is 4.17. The second-order valence-corrected chi connectivity index (χ2v) is 9.12. The Labute approximate surface area is 172 Å². The average molecular weight is 406 g/mol. The Kier molecular flexibility index (Phi) is 4.37. The molecule has 1 saturated heterocycles. The van der Waals surface area contributed by atoms with Crippen molar-refractivity contribution in [2.75, 3.05) is 18.0 Å². The number of rotatable bonds is 2. The zero-order chi connectivity index (χ0) is 20.1. The van der Waals surface area contributed by atoms with Crippen LogP contribution in [0.4, 0.5) is 5.69 Å². The van der Waals surface area contributed by atoms with Crippen molar-refractivity contribution in [2.24, 2.45) is 0 Å². The lowest BCUT2D eigenvalue weighted by molar-refractivity contribution is 0.407. The molecule has 0 amide bonds. The molecule has 1 aliphatic rings. The minimum atomic E-state index is -0.0716. The van der Waals surface area contributed by atoms with Crippen LogP contribution < -0.4 is 15.8 Å². The number of aromatic nitrogens is 3. The Balaban J connectivity index is 1.55. The van der Waals surface area contributed by atoms with Crippen molar-refractivity contribution in [3.05, 3.63) is 58.0 Å². The highest BCUT2D eigenvalue weighted by molar-refractivity contribution is 7.18. The maximum Gasteiger partial charge on any atom is 0.258 e. The van der Waals surface area contributed by atoms with Crippen LogP contribution in [0.1, 0.15) is 18.9 Å². The maximum atomic E-state index is 12.9. The van der Waals surface area contributed by atoms with Crippen molar-refractivity contribution >= 4 is 32.9 Å². The quantitative estimate of drug-likeness (QED) is 0.553. The minimum Gasteiger partial charge on any atom is -0.367 e. The van der Waals surface area contributed by atoms with Gasteiger partial charge in [0.2, 0.25) is 0 Å². The van der Waals surface area contributed by atoms with Crippen molar-refractivity contribution in [3.8, 4) is 11.3 Å². The molecule has 4 aromatic rings. The number of fused-ring (bicyclic) bond motifs is 2. The van der Waals surface area contributed by atoms with E-state index in [1.165, 1.54) is 0 Å². The van der Waals surface area contributed by atoms with Gasteiger partial charge >= 0.3 is 0 Å². The lowest BCUT2D eigenvalue weighted by Crippen LogP contribution is -2.54. The van der Waals surface area contributed by atoms with Crippen molar-refractivity contribution in [1.29, 1.82) is 0 Å². The molecular weight excluding hydrogens is 382 g/mol. The third kappa shape index (κ3) is 3.41. The van der Waals surface area contributed by atoms with E-state index in [0.717, 1.165) is 39.6 Å². The van der Waals surface area contributed by atoms with E-state index in [1.807, 2.05) is 31.3 Å². The highest BCUT2D eigenvalue weighted by atomic mass is 32.1. The highest BCUT2D eigenvalue weighted by Crippen LogP contribution is 2.27. The second kappa shape index (κ2) is 6.93. The lowest BCUT2D eigenvalue weighted by Gasteiger charge is -2.37. The predicted molar refractivity (Wildman–Crippen MR) is 119 cm³/mol. The molecule has 4 heterocycles. The Morgan fingerprint density at radius 3 is 2.66 bits per heavy atom. The molecule has 1 aromatic carbocycles. The van der Waals surface area contributed by atoms with Gasteiger partial charge in [0.25, 0.3) is 5.56 Å². The van der Waals surface area contributed by atoms with E-state index in [0.29, 0.717) is 23.4 Å². The molecule has 1 aliphatic heterocycles. The molecule has 0 aliphatic carbocycles. The standard InChI is InChI=1S/C22H23N5OS/c1-13-10-26(11-14(2)23-13)17-5-7-21-25-18(9-22(28)27(21)12-17)16-4-6-20-19(8-16)24-15(3)29-20/h4-9,12-14,23H,10-11H2,1-3H3. The number of anilines is 1. The zero-order valence-electron chi connectivity index (χ0n) is 16.7. The molecule has 7 heteroatoms. The summed E-state index contributed by atoms with van der Waals surface area (Å²) in [6.07, 6.45) is 1.91. The number of piperazine rings is 1. The van der Waals surface area contributed by atoms with Gasteiger partial charge in [0.15, 0.2) is 0 Å². The Morgan fingerprint density at radius 2 is 1.86 bits per heavy atom. The number of nitrogens with one attached hydrogen (secondary N) is 1. The van der Waals surface area contributed by atoms with Gasteiger partial charge in [-0.2, -0.15) is 0 Å². The summed E-state index contributed by atoms with van der Waals surface area (Å²) in [5.41, 5.74) is 4.17. The highest BCUT2D eigenvalue weighted by Gasteiger charge is 2.21. The molecule has 1 N–H and O–H groups in total.